The fourth-order valence-corrected chi connectivity index (χ4v) is 7.91. The normalized spacial score (nSPS) is 22.0. The van der Waals surface area contributed by atoms with Crippen molar-refractivity contribution < 1.29 is 9.30 Å². The molecule has 4 heterocycles. The van der Waals surface area contributed by atoms with Crippen LogP contribution in [0.4, 0.5) is 5.13 Å². The molecule has 7 nitrogen and oxygen atoms in total. The van der Waals surface area contributed by atoms with Crippen LogP contribution >= 0.6 is 46.0 Å². The summed E-state index contributed by atoms with van der Waals surface area (Å²) in [6, 6.07) is 0. The monoisotopic (exact) mass is 548 g/mol. The molecule has 1 fully saturated rings. The second kappa shape index (κ2) is 10.0. The van der Waals surface area contributed by atoms with Crippen LogP contribution in [0.5, 0.6) is 0 Å². The molecule has 2 aromatic heterocycles. The van der Waals surface area contributed by atoms with Gasteiger partial charge in [0.15, 0.2) is 11.8 Å². The van der Waals surface area contributed by atoms with E-state index in [0.717, 1.165) is 45.1 Å². The van der Waals surface area contributed by atoms with Crippen LogP contribution in [-0.4, -0.2) is 39.9 Å². The molecule has 0 amide bonds. The summed E-state index contributed by atoms with van der Waals surface area (Å²) in [6.45, 7) is 5.81. The van der Waals surface area contributed by atoms with E-state index in [1.54, 1.807) is 15.9 Å². The predicted molar refractivity (Wildman–Crippen MR) is 147 cm³/mol. The molecule has 1 aliphatic carbocycles. The third-order valence-corrected chi connectivity index (χ3v) is 9.87. The van der Waals surface area contributed by atoms with Crippen molar-refractivity contribution in [2.45, 2.75) is 33.2 Å². The first-order valence-corrected chi connectivity index (χ1v) is 14.3. The van der Waals surface area contributed by atoms with E-state index in [-0.39, 0.29) is 5.56 Å². The van der Waals surface area contributed by atoms with Crippen LogP contribution in [0.2, 0.25) is 0 Å². The standard InChI is InChI=1S/C24H27ClN5O2S3/c1-5-29-14-32-22(21-30(6-2)20(31)19(34-21)17-9-7-8-12-27(17)3)35-24(29)26-23-28(4)16-11-10-15(25)13-18(16)33-23/h7-9,12-13H,5-6,10-11,14H2,1-4H3/q+1/b19-17-,22-21-. The maximum absolute atomic E-state index is 13.3. The van der Waals surface area contributed by atoms with Crippen molar-refractivity contribution in [1.29, 1.82) is 0 Å². The topological polar surface area (TPSA) is 54.0 Å². The van der Waals surface area contributed by atoms with Crippen LogP contribution in [0.25, 0.3) is 16.9 Å². The SMILES string of the molecule is CCN1CO/C(=c2/s/c(=C3/C=CC=CN3C)c(=O)n2CC)SC1=Nc1sc2c([n+]1C)CCC(Cl)=C2. The molecule has 5 rings (SSSR count). The predicted octanol–water partition coefficient (Wildman–Crippen LogP) is 3.26. The first kappa shape index (κ1) is 24.4. The van der Waals surface area contributed by atoms with Gasteiger partial charge in [-0.2, -0.15) is 0 Å². The molecule has 3 aliphatic rings. The van der Waals surface area contributed by atoms with E-state index in [2.05, 4.69) is 29.5 Å². The zero-order valence-corrected chi connectivity index (χ0v) is 23.3. The van der Waals surface area contributed by atoms with E-state index >= 15 is 0 Å². The number of hydrogen-bond acceptors (Lipinski definition) is 7. The van der Waals surface area contributed by atoms with Gasteiger partial charge >= 0.3 is 5.13 Å². The number of nitrogens with zero attached hydrogens (tertiary/aromatic N) is 5. The van der Waals surface area contributed by atoms with Crippen molar-refractivity contribution in [3.05, 3.63) is 59.6 Å². The zero-order valence-electron chi connectivity index (χ0n) is 20.1. The van der Waals surface area contributed by atoms with Crippen molar-refractivity contribution in [2.24, 2.45) is 12.0 Å². The highest BCUT2D eigenvalue weighted by Gasteiger charge is 2.31. The molecule has 2 aromatic rings. The quantitative estimate of drug-likeness (QED) is 0.551. The van der Waals surface area contributed by atoms with Gasteiger partial charge in [-0.25, -0.2) is 4.57 Å². The molecule has 0 bridgehead atoms. The van der Waals surface area contributed by atoms with E-state index in [1.165, 1.54) is 33.7 Å². The Kier molecular flexibility index (Phi) is 6.98. The van der Waals surface area contributed by atoms with Gasteiger partial charge in [0.25, 0.3) is 10.7 Å². The Balaban J connectivity index is 1.62. The van der Waals surface area contributed by atoms with E-state index in [0.29, 0.717) is 22.9 Å². The highest BCUT2D eigenvalue weighted by molar-refractivity contribution is 8.21. The third-order valence-electron chi connectivity index (χ3n) is 6.11. The Labute approximate surface area is 221 Å². The first-order valence-electron chi connectivity index (χ1n) is 11.5. The van der Waals surface area contributed by atoms with Crippen LogP contribution in [-0.2, 0) is 24.8 Å². The second-order valence-corrected chi connectivity index (χ2v) is 11.7. The molecular weight excluding hydrogens is 522 g/mol. The van der Waals surface area contributed by atoms with Crippen molar-refractivity contribution in [1.82, 2.24) is 14.4 Å². The van der Waals surface area contributed by atoms with Crippen molar-refractivity contribution in [2.75, 3.05) is 20.3 Å². The fourth-order valence-electron chi connectivity index (χ4n) is 4.11. The Morgan fingerprint density at radius 3 is 2.77 bits per heavy atom. The lowest BCUT2D eigenvalue weighted by Gasteiger charge is -2.26. The van der Waals surface area contributed by atoms with Gasteiger partial charge in [-0.15, -0.1) is 11.3 Å². The van der Waals surface area contributed by atoms with Crippen LogP contribution in [0.3, 0.4) is 0 Å². The molecule has 0 aromatic carbocycles. The number of thioether (sulfide) groups is 1. The fraction of sp³-hybridized carbons (Fsp3) is 0.375. The number of thiazole rings is 2. The zero-order chi connectivity index (χ0) is 24.7. The van der Waals surface area contributed by atoms with Crippen molar-refractivity contribution in [3.63, 3.8) is 0 Å². The summed E-state index contributed by atoms with van der Waals surface area (Å²) in [4.78, 5) is 23.6. The second-order valence-electron chi connectivity index (χ2n) is 8.24. The highest BCUT2D eigenvalue weighted by Crippen LogP contribution is 2.35. The van der Waals surface area contributed by atoms with Gasteiger partial charge in [-0.1, -0.05) is 17.7 Å². The van der Waals surface area contributed by atoms with Gasteiger partial charge in [0.05, 0.1) is 17.6 Å². The largest absolute Gasteiger partial charge is 0.463 e. The average Bonchev–Trinajstić information content (AvgIpc) is 3.35. The van der Waals surface area contributed by atoms with Crippen LogP contribution < -0.4 is 19.3 Å². The van der Waals surface area contributed by atoms with Crippen LogP contribution in [0.1, 0.15) is 30.8 Å². The number of amidine groups is 1. The molecule has 2 aliphatic heterocycles. The Morgan fingerprint density at radius 1 is 1.20 bits per heavy atom. The molecule has 0 saturated carbocycles. The minimum absolute atomic E-state index is 0.00316. The van der Waals surface area contributed by atoms with Crippen LogP contribution in [0, 0.1) is 0 Å². The molecule has 11 heteroatoms. The van der Waals surface area contributed by atoms with Gasteiger partial charge in [-0.3, -0.25) is 14.3 Å². The lowest BCUT2D eigenvalue weighted by molar-refractivity contribution is -0.661. The molecule has 1 saturated heterocycles. The third kappa shape index (κ3) is 4.52. The van der Waals surface area contributed by atoms with Gasteiger partial charge in [0, 0.05) is 49.6 Å². The number of allylic oxidation sites excluding steroid dienone is 3. The summed E-state index contributed by atoms with van der Waals surface area (Å²) >= 11 is 10.9. The number of fused-ring (bicyclic) bond motifs is 1. The number of aliphatic imine (C=N–C) groups is 1. The molecule has 35 heavy (non-hydrogen) atoms. The maximum Gasteiger partial charge on any atom is 0.385 e. The number of aromatic nitrogens is 2. The Morgan fingerprint density at radius 2 is 2.03 bits per heavy atom. The minimum atomic E-state index is 0.00316. The van der Waals surface area contributed by atoms with Gasteiger partial charge in [0.2, 0.25) is 0 Å². The van der Waals surface area contributed by atoms with E-state index in [4.69, 9.17) is 21.3 Å². The lowest BCUT2D eigenvalue weighted by atomic mass is 10.1. The van der Waals surface area contributed by atoms with E-state index < -0.39 is 0 Å². The number of halogens is 1. The number of likely N-dealkylation sites (N-methyl/N-ethyl adjacent to an activating group) is 1. The van der Waals surface area contributed by atoms with Gasteiger partial charge < -0.3 is 9.64 Å². The number of rotatable bonds is 3. The maximum atomic E-state index is 13.3. The molecule has 0 atom stereocenters. The molecular formula is C24H27ClN5O2S3+. The summed E-state index contributed by atoms with van der Waals surface area (Å²) in [6.07, 6.45) is 11.7. The van der Waals surface area contributed by atoms with E-state index in [9.17, 15) is 4.79 Å². The molecule has 0 spiro atoms. The molecule has 0 N–H and O–H groups in total. The smallest absolute Gasteiger partial charge is 0.385 e. The highest BCUT2D eigenvalue weighted by atomic mass is 35.5. The summed E-state index contributed by atoms with van der Waals surface area (Å²) < 4.78 is 11.7. The summed E-state index contributed by atoms with van der Waals surface area (Å²) in [5.41, 5.74) is 2.16. The van der Waals surface area contributed by atoms with Gasteiger partial charge in [0.1, 0.15) is 14.9 Å². The van der Waals surface area contributed by atoms with Gasteiger partial charge in [-0.05, 0) is 54.8 Å². The summed E-state index contributed by atoms with van der Waals surface area (Å²) in [5.74, 6) is 0. The summed E-state index contributed by atoms with van der Waals surface area (Å²) in [7, 11) is 4.02. The first-order chi connectivity index (χ1) is 16.9. The molecule has 184 valence electrons. The lowest BCUT2D eigenvalue weighted by Crippen LogP contribution is -2.38. The van der Waals surface area contributed by atoms with Crippen molar-refractivity contribution >= 4 is 73.2 Å². The molecule has 0 radical (unpaired) electrons. The van der Waals surface area contributed by atoms with Crippen molar-refractivity contribution in [3.8, 4) is 0 Å². The average molecular weight is 549 g/mol. The Bertz CT molecular complexity index is 1480. The number of hydrogen-bond donors (Lipinski definition) is 0. The minimum Gasteiger partial charge on any atom is -0.463 e. The Hall–Kier alpha value is -2.27. The number of ether oxygens (including phenoxy) is 1. The van der Waals surface area contributed by atoms with Crippen LogP contribution in [0.15, 0.2) is 39.2 Å². The van der Waals surface area contributed by atoms with E-state index in [1.807, 2.05) is 43.3 Å². The molecule has 0 unspecified atom stereocenters. The summed E-state index contributed by atoms with van der Waals surface area (Å²) in [5, 5.41) is 3.40.